The van der Waals surface area contributed by atoms with Crippen LogP contribution in [0.3, 0.4) is 0 Å². The summed E-state index contributed by atoms with van der Waals surface area (Å²) in [4.78, 5) is 7.72. The molecule has 0 aromatic heterocycles. The molecule has 3 rings (SSSR count). The molecule has 4 nitrogen and oxygen atoms in total. The molecule has 2 bridgehead atoms. The number of methoxy groups -OCH3 is 1. The van der Waals surface area contributed by atoms with Crippen LogP contribution in [0.5, 0.6) is 5.75 Å². The molecule has 4 heteroatoms. The van der Waals surface area contributed by atoms with Gasteiger partial charge < -0.3 is 9.57 Å². The Morgan fingerprint density at radius 3 is 3.15 bits per heavy atom. The highest BCUT2D eigenvalue weighted by atomic mass is 16.6. The first-order chi connectivity index (χ1) is 9.85. The molecule has 0 saturated carbocycles. The largest absolute Gasteiger partial charge is 0.497 e. The van der Waals surface area contributed by atoms with E-state index in [1.807, 2.05) is 24.3 Å². The summed E-state index contributed by atoms with van der Waals surface area (Å²) in [6.45, 7) is 3.65. The van der Waals surface area contributed by atoms with Crippen LogP contribution in [0.25, 0.3) is 0 Å². The molecular formula is C16H18N2O2. The summed E-state index contributed by atoms with van der Waals surface area (Å²) in [5.74, 6) is 7.44. The number of benzene rings is 1. The molecule has 0 unspecified atom stereocenters. The van der Waals surface area contributed by atoms with Gasteiger partial charge >= 0.3 is 0 Å². The SMILES string of the molecule is COc1cccc(C#CCO/N=C2\C[N@]3CC[C@H]2C3)c1. The standard InChI is InChI=1S/C16H18N2O2/c1-19-15-6-2-4-13(10-15)5-3-9-20-17-16-12-18-8-7-14(16)11-18/h2,4,6,10,14H,7-9,11-12H2,1H3/b17-16+/t14-/m0/s1. The van der Waals surface area contributed by atoms with Gasteiger partial charge in [-0.3, -0.25) is 4.90 Å². The minimum atomic E-state index is 0.327. The number of fused-ring (bicyclic) bond motifs is 2. The molecule has 0 aliphatic carbocycles. The highest BCUT2D eigenvalue weighted by Crippen LogP contribution is 2.25. The zero-order valence-corrected chi connectivity index (χ0v) is 11.6. The Bertz CT molecular complexity index is 571. The Hall–Kier alpha value is -1.99. The highest BCUT2D eigenvalue weighted by Gasteiger charge is 2.35. The lowest BCUT2D eigenvalue weighted by atomic mass is 10.0. The third-order valence-corrected chi connectivity index (χ3v) is 3.75. The molecule has 0 radical (unpaired) electrons. The fourth-order valence-electron chi connectivity index (χ4n) is 2.70. The van der Waals surface area contributed by atoms with E-state index in [1.54, 1.807) is 7.11 Å². The van der Waals surface area contributed by atoms with Crippen molar-refractivity contribution >= 4 is 5.71 Å². The van der Waals surface area contributed by atoms with E-state index in [2.05, 4.69) is 21.9 Å². The third-order valence-electron chi connectivity index (χ3n) is 3.75. The zero-order valence-electron chi connectivity index (χ0n) is 11.6. The molecule has 0 spiro atoms. The number of rotatable bonds is 3. The van der Waals surface area contributed by atoms with Gasteiger partial charge in [0.2, 0.25) is 0 Å². The van der Waals surface area contributed by atoms with E-state index in [0.717, 1.165) is 24.4 Å². The predicted molar refractivity (Wildman–Crippen MR) is 77.8 cm³/mol. The fourth-order valence-corrected chi connectivity index (χ4v) is 2.70. The van der Waals surface area contributed by atoms with Crippen molar-refractivity contribution < 1.29 is 9.57 Å². The number of hydrogen-bond acceptors (Lipinski definition) is 4. The summed E-state index contributed by atoms with van der Waals surface area (Å²) < 4.78 is 5.15. The molecule has 2 atom stereocenters. The molecule has 2 fully saturated rings. The van der Waals surface area contributed by atoms with Gasteiger partial charge in [0.1, 0.15) is 5.75 Å². The topological polar surface area (TPSA) is 34.1 Å². The first kappa shape index (κ1) is 13.0. The summed E-state index contributed by atoms with van der Waals surface area (Å²) >= 11 is 0. The molecule has 0 N–H and O–H groups in total. The summed E-state index contributed by atoms with van der Waals surface area (Å²) in [5.41, 5.74) is 2.10. The molecule has 1 aromatic rings. The van der Waals surface area contributed by atoms with Gasteiger partial charge in [-0.2, -0.15) is 0 Å². The molecule has 2 saturated heterocycles. The lowest BCUT2D eigenvalue weighted by Crippen LogP contribution is -2.23. The van der Waals surface area contributed by atoms with Gasteiger partial charge in [-0.05, 0) is 31.2 Å². The first-order valence-electron chi connectivity index (χ1n) is 6.89. The van der Waals surface area contributed by atoms with Crippen molar-refractivity contribution in [1.29, 1.82) is 0 Å². The van der Waals surface area contributed by atoms with Gasteiger partial charge in [0.15, 0.2) is 6.61 Å². The van der Waals surface area contributed by atoms with E-state index in [0.29, 0.717) is 12.5 Å². The maximum atomic E-state index is 5.30. The van der Waals surface area contributed by atoms with Gasteiger partial charge in [0.25, 0.3) is 0 Å². The quantitative estimate of drug-likeness (QED) is 0.477. The normalized spacial score (nSPS) is 25.4. The van der Waals surface area contributed by atoms with Gasteiger partial charge in [0, 0.05) is 24.6 Å². The number of hydrogen-bond donors (Lipinski definition) is 0. The van der Waals surface area contributed by atoms with E-state index in [-0.39, 0.29) is 0 Å². The van der Waals surface area contributed by atoms with Crippen LogP contribution in [-0.4, -0.2) is 44.0 Å². The van der Waals surface area contributed by atoms with E-state index in [1.165, 1.54) is 18.7 Å². The van der Waals surface area contributed by atoms with Crippen LogP contribution in [0.2, 0.25) is 0 Å². The van der Waals surface area contributed by atoms with Gasteiger partial charge in [-0.1, -0.05) is 23.1 Å². The Balaban J connectivity index is 1.50. The maximum absolute atomic E-state index is 5.30. The smallest absolute Gasteiger partial charge is 0.177 e. The molecule has 0 amide bonds. The molecular weight excluding hydrogens is 252 g/mol. The zero-order chi connectivity index (χ0) is 13.8. The van der Waals surface area contributed by atoms with Crippen LogP contribution >= 0.6 is 0 Å². The van der Waals surface area contributed by atoms with Gasteiger partial charge in [-0.25, -0.2) is 0 Å². The molecule has 20 heavy (non-hydrogen) atoms. The van der Waals surface area contributed by atoms with E-state index in [4.69, 9.17) is 9.57 Å². The number of oxime groups is 1. The van der Waals surface area contributed by atoms with Crippen LogP contribution in [0.4, 0.5) is 0 Å². The van der Waals surface area contributed by atoms with Crippen LogP contribution in [-0.2, 0) is 4.84 Å². The molecule has 1 aromatic carbocycles. The lowest BCUT2D eigenvalue weighted by Gasteiger charge is -2.12. The average Bonchev–Trinajstić information content (AvgIpc) is 3.10. The van der Waals surface area contributed by atoms with Crippen LogP contribution in [0, 0.1) is 17.8 Å². The second-order valence-electron chi connectivity index (χ2n) is 5.11. The Labute approximate surface area is 119 Å². The number of nitrogens with zero attached hydrogens (tertiary/aromatic N) is 2. The molecule has 2 heterocycles. The second-order valence-corrected chi connectivity index (χ2v) is 5.11. The average molecular weight is 270 g/mol. The molecule has 2 aliphatic rings. The van der Waals surface area contributed by atoms with Crippen molar-refractivity contribution in [1.82, 2.24) is 4.90 Å². The number of piperidine rings is 1. The van der Waals surface area contributed by atoms with E-state index in [9.17, 15) is 0 Å². The third kappa shape index (κ3) is 2.94. The van der Waals surface area contributed by atoms with Crippen LogP contribution in [0.1, 0.15) is 12.0 Å². The number of ether oxygens (including phenoxy) is 1. The van der Waals surface area contributed by atoms with E-state index < -0.39 is 0 Å². The van der Waals surface area contributed by atoms with Crippen molar-refractivity contribution in [3.8, 4) is 17.6 Å². The summed E-state index contributed by atoms with van der Waals surface area (Å²) in [7, 11) is 1.65. The van der Waals surface area contributed by atoms with Crippen molar-refractivity contribution in [2.45, 2.75) is 6.42 Å². The van der Waals surface area contributed by atoms with Crippen molar-refractivity contribution in [3.05, 3.63) is 29.8 Å². The fraction of sp³-hybridized carbons (Fsp3) is 0.438. The minimum Gasteiger partial charge on any atom is -0.497 e. The molecule has 104 valence electrons. The Morgan fingerprint density at radius 1 is 1.45 bits per heavy atom. The highest BCUT2D eigenvalue weighted by molar-refractivity contribution is 5.91. The predicted octanol–water partition coefficient (Wildman–Crippen LogP) is 1.75. The summed E-state index contributed by atoms with van der Waals surface area (Å²) in [5, 5.41) is 4.22. The second kappa shape index (κ2) is 5.98. The van der Waals surface area contributed by atoms with Crippen LogP contribution < -0.4 is 4.74 Å². The van der Waals surface area contributed by atoms with Crippen molar-refractivity contribution in [3.63, 3.8) is 0 Å². The summed E-state index contributed by atoms with van der Waals surface area (Å²) in [6.07, 6.45) is 1.22. The van der Waals surface area contributed by atoms with E-state index >= 15 is 0 Å². The van der Waals surface area contributed by atoms with Gasteiger partial charge in [0.05, 0.1) is 12.8 Å². The first-order valence-corrected chi connectivity index (χ1v) is 6.89. The van der Waals surface area contributed by atoms with Crippen LogP contribution in [0.15, 0.2) is 29.4 Å². The lowest BCUT2D eigenvalue weighted by molar-refractivity contribution is 0.177. The van der Waals surface area contributed by atoms with Gasteiger partial charge in [-0.15, -0.1) is 0 Å². The minimum absolute atomic E-state index is 0.327. The maximum Gasteiger partial charge on any atom is 0.177 e. The Morgan fingerprint density at radius 2 is 2.40 bits per heavy atom. The molecule has 2 aliphatic heterocycles. The summed E-state index contributed by atoms with van der Waals surface area (Å²) in [6, 6.07) is 7.68. The monoisotopic (exact) mass is 270 g/mol. The van der Waals surface area contributed by atoms with Crippen molar-refractivity contribution in [2.75, 3.05) is 33.4 Å². The Kier molecular flexibility index (Phi) is 3.89. The van der Waals surface area contributed by atoms with Crippen molar-refractivity contribution in [2.24, 2.45) is 11.1 Å².